The maximum atomic E-state index is 3.81. The molecule has 0 aromatic carbocycles. The van der Waals surface area contributed by atoms with Crippen LogP contribution in [-0.2, 0) is 0 Å². The van der Waals surface area contributed by atoms with Gasteiger partial charge in [0.1, 0.15) is 0 Å². The van der Waals surface area contributed by atoms with E-state index in [1.807, 2.05) is 0 Å². The van der Waals surface area contributed by atoms with Gasteiger partial charge in [0.2, 0.25) is 0 Å². The summed E-state index contributed by atoms with van der Waals surface area (Å²) < 4.78 is 0. The molecule has 1 fully saturated rings. The molecule has 1 unspecified atom stereocenters. The molecule has 0 spiro atoms. The van der Waals surface area contributed by atoms with E-state index in [1.165, 1.54) is 17.9 Å². The standard InChI is InChI=1S/C14H29NS/c1-11(2)14(5,6)10-15-12-9-16-8-7-13(12,3)4/h11-12,15H,7-10H2,1-6H3. The summed E-state index contributed by atoms with van der Waals surface area (Å²) >= 11 is 2.10. The van der Waals surface area contributed by atoms with Crippen molar-refractivity contribution in [1.29, 1.82) is 0 Å². The SMILES string of the molecule is CC(C)C(C)(C)CNC1CSCCC1(C)C. The summed E-state index contributed by atoms with van der Waals surface area (Å²) in [6.07, 6.45) is 1.34. The van der Waals surface area contributed by atoms with Crippen LogP contribution >= 0.6 is 11.8 Å². The summed E-state index contributed by atoms with van der Waals surface area (Å²) in [7, 11) is 0. The Morgan fingerprint density at radius 1 is 1.38 bits per heavy atom. The fraction of sp³-hybridized carbons (Fsp3) is 1.00. The Balaban J connectivity index is 2.48. The Morgan fingerprint density at radius 2 is 2.00 bits per heavy atom. The predicted octanol–water partition coefficient (Wildman–Crippen LogP) is 3.79. The van der Waals surface area contributed by atoms with Crippen molar-refractivity contribution >= 4 is 11.8 Å². The van der Waals surface area contributed by atoms with Crippen LogP contribution in [-0.4, -0.2) is 24.1 Å². The summed E-state index contributed by atoms with van der Waals surface area (Å²) in [5, 5.41) is 3.81. The van der Waals surface area contributed by atoms with E-state index < -0.39 is 0 Å². The van der Waals surface area contributed by atoms with Crippen LogP contribution in [0.3, 0.4) is 0 Å². The first-order valence-electron chi connectivity index (χ1n) is 6.57. The van der Waals surface area contributed by atoms with Crippen molar-refractivity contribution in [2.24, 2.45) is 16.7 Å². The lowest BCUT2D eigenvalue weighted by Gasteiger charge is -2.41. The molecule has 2 heteroatoms. The van der Waals surface area contributed by atoms with Gasteiger partial charge in [-0.1, -0.05) is 41.5 Å². The lowest BCUT2D eigenvalue weighted by molar-refractivity contribution is 0.185. The van der Waals surface area contributed by atoms with Gasteiger partial charge in [-0.2, -0.15) is 11.8 Å². The normalized spacial score (nSPS) is 26.1. The highest BCUT2D eigenvalue weighted by Crippen LogP contribution is 2.35. The zero-order valence-corrected chi connectivity index (χ0v) is 12.7. The first-order chi connectivity index (χ1) is 7.26. The van der Waals surface area contributed by atoms with Crippen LogP contribution in [0.2, 0.25) is 0 Å². The third kappa shape index (κ3) is 3.66. The Morgan fingerprint density at radius 3 is 2.50 bits per heavy atom. The lowest BCUT2D eigenvalue weighted by atomic mass is 9.78. The van der Waals surface area contributed by atoms with Crippen LogP contribution in [0.1, 0.15) is 48.0 Å². The van der Waals surface area contributed by atoms with Gasteiger partial charge in [-0.25, -0.2) is 0 Å². The highest BCUT2D eigenvalue weighted by molar-refractivity contribution is 7.99. The highest BCUT2D eigenvalue weighted by atomic mass is 32.2. The second kappa shape index (κ2) is 5.30. The van der Waals surface area contributed by atoms with Gasteiger partial charge in [0.25, 0.3) is 0 Å². The van der Waals surface area contributed by atoms with Crippen LogP contribution in [0.5, 0.6) is 0 Å². The lowest BCUT2D eigenvalue weighted by Crippen LogP contribution is -2.50. The Hall–Kier alpha value is 0.310. The van der Waals surface area contributed by atoms with Crippen molar-refractivity contribution in [3.05, 3.63) is 0 Å². The third-order valence-corrected chi connectivity index (χ3v) is 5.55. The van der Waals surface area contributed by atoms with Gasteiger partial charge in [-0.15, -0.1) is 0 Å². The average Bonchev–Trinajstić information content (AvgIpc) is 2.15. The zero-order valence-electron chi connectivity index (χ0n) is 11.9. The smallest absolute Gasteiger partial charge is 0.0209 e. The minimum atomic E-state index is 0.401. The van der Waals surface area contributed by atoms with E-state index in [1.54, 1.807) is 0 Å². The van der Waals surface area contributed by atoms with Crippen molar-refractivity contribution in [2.75, 3.05) is 18.1 Å². The van der Waals surface area contributed by atoms with Gasteiger partial charge >= 0.3 is 0 Å². The van der Waals surface area contributed by atoms with Gasteiger partial charge in [-0.3, -0.25) is 0 Å². The van der Waals surface area contributed by atoms with E-state index in [2.05, 4.69) is 58.6 Å². The fourth-order valence-corrected chi connectivity index (χ4v) is 3.50. The predicted molar refractivity (Wildman–Crippen MR) is 76.1 cm³/mol. The number of nitrogens with one attached hydrogen (secondary N) is 1. The summed E-state index contributed by atoms with van der Waals surface area (Å²) in [4.78, 5) is 0. The maximum absolute atomic E-state index is 3.81. The molecule has 1 heterocycles. The minimum absolute atomic E-state index is 0.401. The van der Waals surface area contributed by atoms with Gasteiger partial charge in [0.05, 0.1) is 0 Å². The van der Waals surface area contributed by atoms with Crippen LogP contribution in [0.25, 0.3) is 0 Å². The molecule has 1 aliphatic rings. The minimum Gasteiger partial charge on any atom is -0.312 e. The zero-order chi connectivity index (χ0) is 12.4. The van der Waals surface area contributed by atoms with E-state index >= 15 is 0 Å². The second-order valence-electron chi connectivity index (χ2n) is 6.89. The molecule has 1 N–H and O–H groups in total. The third-order valence-electron chi connectivity index (χ3n) is 4.49. The Bertz CT molecular complexity index is 221. The summed E-state index contributed by atoms with van der Waals surface area (Å²) in [5.74, 6) is 3.35. The monoisotopic (exact) mass is 243 g/mol. The fourth-order valence-electron chi connectivity index (χ4n) is 1.86. The topological polar surface area (TPSA) is 12.0 Å². The molecule has 0 bridgehead atoms. The van der Waals surface area contributed by atoms with E-state index in [0.717, 1.165) is 12.5 Å². The average molecular weight is 243 g/mol. The molecule has 0 saturated carbocycles. The molecule has 0 radical (unpaired) electrons. The number of rotatable bonds is 4. The molecule has 1 aliphatic heterocycles. The molecule has 0 aromatic rings. The van der Waals surface area contributed by atoms with Crippen LogP contribution in [0.4, 0.5) is 0 Å². The first-order valence-corrected chi connectivity index (χ1v) is 7.72. The van der Waals surface area contributed by atoms with Crippen LogP contribution in [0, 0.1) is 16.7 Å². The van der Waals surface area contributed by atoms with Crippen LogP contribution in [0.15, 0.2) is 0 Å². The van der Waals surface area contributed by atoms with Gasteiger partial charge < -0.3 is 5.32 Å². The van der Waals surface area contributed by atoms with Crippen molar-refractivity contribution in [3.63, 3.8) is 0 Å². The molecule has 1 nitrogen and oxygen atoms in total. The summed E-state index contributed by atoms with van der Waals surface area (Å²) in [6.45, 7) is 15.3. The van der Waals surface area contributed by atoms with E-state index in [9.17, 15) is 0 Å². The van der Waals surface area contributed by atoms with E-state index in [4.69, 9.17) is 0 Å². The largest absolute Gasteiger partial charge is 0.312 e. The molecule has 1 rings (SSSR count). The van der Waals surface area contributed by atoms with E-state index in [0.29, 0.717) is 16.9 Å². The molecular formula is C14H29NS. The molecule has 1 atom stereocenters. The van der Waals surface area contributed by atoms with Gasteiger partial charge in [0, 0.05) is 18.3 Å². The second-order valence-corrected chi connectivity index (χ2v) is 8.04. The molecule has 96 valence electrons. The Labute approximate surface area is 106 Å². The number of hydrogen-bond donors (Lipinski definition) is 1. The number of hydrogen-bond acceptors (Lipinski definition) is 2. The molecule has 0 aliphatic carbocycles. The number of thioether (sulfide) groups is 1. The molecule has 16 heavy (non-hydrogen) atoms. The molecule has 0 amide bonds. The van der Waals surface area contributed by atoms with Crippen molar-refractivity contribution in [2.45, 2.75) is 54.0 Å². The van der Waals surface area contributed by atoms with Crippen molar-refractivity contribution in [3.8, 4) is 0 Å². The summed E-state index contributed by atoms with van der Waals surface area (Å²) in [6, 6.07) is 0.685. The van der Waals surface area contributed by atoms with Crippen molar-refractivity contribution < 1.29 is 0 Å². The van der Waals surface area contributed by atoms with Crippen molar-refractivity contribution in [1.82, 2.24) is 5.32 Å². The Kier molecular flexibility index (Phi) is 4.76. The molecule has 0 aromatic heterocycles. The highest BCUT2D eigenvalue weighted by Gasteiger charge is 2.33. The quantitative estimate of drug-likeness (QED) is 0.806. The molecule has 1 saturated heterocycles. The molecular weight excluding hydrogens is 214 g/mol. The van der Waals surface area contributed by atoms with E-state index in [-0.39, 0.29) is 0 Å². The van der Waals surface area contributed by atoms with Crippen LogP contribution < -0.4 is 5.32 Å². The maximum Gasteiger partial charge on any atom is 0.0209 e. The first kappa shape index (κ1) is 14.4. The summed E-state index contributed by atoms with van der Waals surface area (Å²) in [5.41, 5.74) is 0.872. The van der Waals surface area contributed by atoms with Gasteiger partial charge in [0.15, 0.2) is 0 Å². The van der Waals surface area contributed by atoms with Gasteiger partial charge in [-0.05, 0) is 28.9 Å².